The zero-order valence-corrected chi connectivity index (χ0v) is 38.5. The van der Waals surface area contributed by atoms with Gasteiger partial charge in [0.2, 0.25) is 11.8 Å². The molecule has 0 bridgehead atoms. The van der Waals surface area contributed by atoms with Gasteiger partial charge in [-0.1, -0.05) is 88.0 Å². The van der Waals surface area contributed by atoms with Crippen LogP contribution in [0.3, 0.4) is 0 Å². The van der Waals surface area contributed by atoms with E-state index in [-0.39, 0.29) is 70.2 Å². The van der Waals surface area contributed by atoms with E-state index in [1.54, 1.807) is 38.1 Å². The second kappa shape index (κ2) is 22.0. The zero-order valence-electron chi connectivity index (χ0n) is 37.7. The summed E-state index contributed by atoms with van der Waals surface area (Å²) < 4.78 is 76.8. The number of ether oxygens (including phenoxy) is 2. The fourth-order valence-corrected chi connectivity index (χ4v) is 9.49. The molecule has 65 heavy (non-hydrogen) atoms. The Hall–Kier alpha value is -5.69. The van der Waals surface area contributed by atoms with Crippen molar-refractivity contribution in [1.29, 1.82) is 0 Å². The van der Waals surface area contributed by atoms with Gasteiger partial charge in [0.05, 0.1) is 34.8 Å². The highest BCUT2D eigenvalue weighted by atomic mass is 32.2. The zero-order chi connectivity index (χ0) is 46.9. The molecule has 2 heterocycles. The third-order valence-corrected chi connectivity index (χ3v) is 12.9. The van der Waals surface area contributed by atoms with E-state index >= 15 is 17.6 Å². The molecule has 2 saturated heterocycles. The van der Waals surface area contributed by atoms with Crippen LogP contribution in [-0.4, -0.2) is 72.9 Å². The molecular formula is C52H56F4N2O6S. The Morgan fingerprint density at radius 1 is 0.615 bits per heavy atom. The van der Waals surface area contributed by atoms with E-state index in [9.17, 15) is 19.2 Å². The largest absolute Gasteiger partial charge is 0.466 e. The first-order valence-corrected chi connectivity index (χ1v) is 23.1. The molecule has 0 aromatic heterocycles. The first-order valence-electron chi connectivity index (χ1n) is 22.3. The van der Waals surface area contributed by atoms with Crippen molar-refractivity contribution in [3.8, 4) is 22.3 Å². The van der Waals surface area contributed by atoms with E-state index in [0.29, 0.717) is 61.7 Å². The molecule has 0 saturated carbocycles. The molecule has 8 nitrogen and oxygen atoms in total. The summed E-state index contributed by atoms with van der Waals surface area (Å²) in [5.74, 6) is -8.09. The molecule has 344 valence electrons. The summed E-state index contributed by atoms with van der Waals surface area (Å²) >= 11 is 0.525. The minimum absolute atomic E-state index is 0.0569. The van der Waals surface area contributed by atoms with Crippen LogP contribution in [0, 0.1) is 35.1 Å². The van der Waals surface area contributed by atoms with Crippen LogP contribution < -0.4 is 0 Å². The van der Waals surface area contributed by atoms with Gasteiger partial charge in [-0.3, -0.25) is 19.2 Å². The average molecular weight is 913 g/mol. The lowest BCUT2D eigenvalue weighted by Gasteiger charge is -2.30. The molecule has 0 N–H and O–H groups in total. The highest BCUT2D eigenvalue weighted by molar-refractivity contribution is 7.99. The van der Waals surface area contributed by atoms with Crippen LogP contribution in [0.4, 0.5) is 17.6 Å². The van der Waals surface area contributed by atoms with Crippen molar-refractivity contribution in [2.75, 3.05) is 39.4 Å². The third-order valence-electron chi connectivity index (χ3n) is 11.9. The van der Waals surface area contributed by atoms with Gasteiger partial charge in [-0.15, -0.1) is 0 Å². The fraction of sp³-hybridized carbons (Fsp3) is 0.385. The van der Waals surface area contributed by atoms with Crippen LogP contribution in [0.5, 0.6) is 0 Å². The molecule has 0 radical (unpaired) electrons. The average Bonchev–Trinajstić information content (AvgIpc) is 3.31. The van der Waals surface area contributed by atoms with Gasteiger partial charge in [0.25, 0.3) is 0 Å². The molecule has 2 atom stereocenters. The van der Waals surface area contributed by atoms with E-state index in [1.807, 2.05) is 52.0 Å². The van der Waals surface area contributed by atoms with Gasteiger partial charge in [0.1, 0.15) is 0 Å². The molecule has 4 aromatic carbocycles. The summed E-state index contributed by atoms with van der Waals surface area (Å²) in [6.45, 7) is 12.7. The van der Waals surface area contributed by atoms with Gasteiger partial charge in [-0.2, -0.15) is 0 Å². The number of piperidine rings is 2. The van der Waals surface area contributed by atoms with Crippen molar-refractivity contribution >= 4 is 47.7 Å². The lowest BCUT2D eigenvalue weighted by Crippen LogP contribution is -2.42. The molecule has 13 heteroatoms. The van der Waals surface area contributed by atoms with Crippen LogP contribution in [0.1, 0.15) is 101 Å². The van der Waals surface area contributed by atoms with E-state index in [4.69, 9.17) is 9.47 Å². The maximum absolute atomic E-state index is 16.7. The van der Waals surface area contributed by atoms with Gasteiger partial charge in [-0.25, -0.2) is 17.6 Å². The molecule has 2 aliphatic heterocycles. The van der Waals surface area contributed by atoms with Crippen molar-refractivity contribution in [3.05, 3.63) is 118 Å². The van der Waals surface area contributed by atoms with Crippen LogP contribution >= 0.6 is 11.8 Å². The number of benzene rings is 4. The molecule has 4 aromatic rings. The Bertz CT molecular complexity index is 2320. The maximum atomic E-state index is 16.7. The maximum Gasteiger partial charge on any atom is 0.310 e. The predicted octanol–water partition coefficient (Wildman–Crippen LogP) is 11.6. The Morgan fingerprint density at radius 3 is 1.37 bits per heavy atom. The first-order chi connectivity index (χ1) is 31.1. The quantitative estimate of drug-likeness (QED) is 0.0707. The van der Waals surface area contributed by atoms with Gasteiger partial charge in [0.15, 0.2) is 23.3 Å². The number of carbonyl (C=O) groups excluding carboxylic acids is 4. The first kappa shape index (κ1) is 48.8. The summed E-state index contributed by atoms with van der Waals surface area (Å²) in [7, 11) is 0. The van der Waals surface area contributed by atoms with Crippen molar-refractivity contribution in [2.45, 2.75) is 88.9 Å². The molecule has 2 aliphatic rings. The highest BCUT2D eigenvalue weighted by Gasteiger charge is 2.31. The number of nitrogens with zero attached hydrogens (tertiary/aromatic N) is 2. The molecular weight excluding hydrogens is 857 g/mol. The number of esters is 2. The normalized spacial score (nSPS) is 16.8. The minimum Gasteiger partial charge on any atom is -0.466 e. The van der Waals surface area contributed by atoms with Crippen LogP contribution in [0.25, 0.3) is 34.4 Å². The standard InChI is InChI=1S/C52H56F4N2O6S/c1-7-63-51(61)33-15-13-25-57(29-33)45(59)23-21-39-41(37-19-11-9-17-35(37)31(3)4)27-43(49(55)47(39)53)65-44-28-42(38-20-12-10-18-36(38)32(5)6)40(48(54)50(44)56)22-24-46(60)58-26-14-16-34(30-58)52(62)64-8-2/h9-12,17-24,27-28,31-34H,7-8,13-16,25-26,29-30H2,1-6H3/b23-21+,24-22+. The number of hydrogen-bond donors (Lipinski definition) is 0. The smallest absolute Gasteiger partial charge is 0.310 e. The van der Waals surface area contributed by atoms with Crippen LogP contribution in [-0.2, 0) is 28.7 Å². The number of halogens is 4. The lowest BCUT2D eigenvalue weighted by atomic mass is 9.89. The monoisotopic (exact) mass is 912 g/mol. The van der Waals surface area contributed by atoms with E-state index in [2.05, 4.69) is 0 Å². The topological polar surface area (TPSA) is 93.2 Å². The highest BCUT2D eigenvalue weighted by Crippen LogP contribution is 2.44. The van der Waals surface area contributed by atoms with Gasteiger partial charge < -0.3 is 19.3 Å². The number of amides is 2. The molecule has 2 fully saturated rings. The molecule has 0 aliphatic carbocycles. The summed E-state index contributed by atoms with van der Waals surface area (Å²) in [4.78, 5) is 54.3. The number of rotatable bonds is 14. The predicted molar refractivity (Wildman–Crippen MR) is 246 cm³/mol. The second-order valence-corrected chi connectivity index (χ2v) is 18.0. The van der Waals surface area contributed by atoms with Crippen molar-refractivity contribution < 1.29 is 46.2 Å². The van der Waals surface area contributed by atoms with Gasteiger partial charge >= 0.3 is 11.9 Å². The Labute approximate surface area is 383 Å². The minimum atomic E-state index is -1.32. The van der Waals surface area contributed by atoms with Crippen LogP contribution in [0.2, 0.25) is 0 Å². The van der Waals surface area contributed by atoms with Gasteiger partial charge in [0, 0.05) is 49.5 Å². The summed E-state index contributed by atoms with van der Waals surface area (Å²) in [5, 5.41) is 0. The Kier molecular flexibility index (Phi) is 16.5. The second-order valence-electron chi connectivity index (χ2n) is 16.9. The van der Waals surface area contributed by atoms with Crippen LogP contribution in [0.15, 0.2) is 82.6 Å². The SMILES string of the molecule is CCOC(=O)C1CCCN(C(=O)/C=C/c2c(-c3ccccc3C(C)C)cc(Sc3cc(-c4ccccc4C(C)C)c(/C=C/C(=O)N4CCCC(C(=O)OCC)C4)c(F)c3F)c(F)c2F)C1. The number of likely N-dealkylation sites (tertiary alicyclic amines) is 2. The number of hydrogen-bond acceptors (Lipinski definition) is 7. The van der Waals surface area contributed by atoms with Crippen molar-refractivity contribution in [3.63, 3.8) is 0 Å². The molecule has 2 unspecified atom stereocenters. The Balaban J connectivity index is 1.43. The fourth-order valence-electron chi connectivity index (χ4n) is 8.54. The van der Waals surface area contributed by atoms with E-state index in [1.165, 1.54) is 34.1 Å². The molecule has 6 rings (SSSR count). The molecule has 0 spiro atoms. The van der Waals surface area contributed by atoms with E-state index in [0.717, 1.165) is 23.3 Å². The van der Waals surface area contributed by atoms with Gasteiger partial charge in [-0.05, 0) is 109 Å². The summed E-state index contributed by atoms with van der Waals surface area (Å²) in [6.07, 6.45) is 7.04. The number of carbonyl (C=O) groups is 4. The molecule has 2 amide bonds. The Morgan fingerprint density at radius 2 is 1.00 bits per heavy atom. The van der Waals surface area contributed by atoms with Crippen molar-refractivity contribution in [1.82, 2.24) is 9.80 Å². The van der Waals surface area contributed by atoms with E-state index < -0.39 is 58.9 Å². The lowest BCUT2D eigenvalue weighted by molar-refractivity contribution is -0.152. The third kappa shape index (κ3) is 11.2. The van der Waals surface area contributed by atoms with Crippen molar-refractivity contribution in [2.24, 2.45) is 11.8 Å². The summed E-state index contributed by atoms with van der Waals surface area (Å²) in [5.41, 5.74) is 2.77. The summed E-state index contributed by atoms with van der Waals surface area (Å²) in [6, 6.07) is 17.2.